The SMILES string of the molecule is O=C(/C=C/c1ccccc1)Oc1ccc2ocnc2c1. The molecule has 1 heterocycles. The van der Waals surface area contributed by atoms with Gasteiger partial charge >= 0.3 is 5.97 Å². The molecule has 98 valence electrons. The molecule has 0 atom stereocenters. The topological polar surface area (TPSA) is 52.3 Å². The quantitative estimate of drug-likeness (QED) is 0.413. The van der Waals surface area contributed by atoms with E-state index in [4.69, 9.17) is 9.15 Å². The van der Waals surface area contributed by atoms with Gasteiger partial charge in [-0.1, -0.05) is 30.3 Å². The van der Waals surface area contributed by atoms with Crippen LogP contribution in [0, 0.1) is 0 Å². The van der Waals surface area contributed by atoms with Crippen molar-refractivity contribution in [2.75, 3.05) is 0 Å². The summed E-state index contributed by atoms with van der Waals surface area (Å²) in [5, 5.41) is 0. The molecular formula is C16H11NO3. The first kappa shape index (κ1) is 12.2. The predicted octanol–water partition coefficient (Wildman–Crippen LogP) is 3.45. The Morgan fingerprint density at radius 2 is 2.00 bits per heavy atom. The zero-order valence-corrected chi connectivity index (χ0v) is 10.5. The number of benzene rings is 2. The highest BCUT2D eigenvalue weighted by Crippen LogP contribution is 2.19. The van der Waals surface area contributed by atoms with Crippen LogP contribution in [0.15, 0.2) is 65.4 Å². The highest BCUT2D eigenvalue weighted by Gasteiger charge is 2.04. The number of carbonyl (C=O) groups is 1. The van der Waals surface area contributed by atoms with E-state index < -0.39 is 5.97 Å². The van der Waals surface area contributed by atoms with Crippen molar-refractivity contribution in [2.24, 2.45) is 0 Å². The second kappa shape index (κ2) is 5.40. The first-order valence-corrected chi connectivity index (χ1v) is 6.09. The second-order valence-corrected chi connectivity index (χ2v) is 4.15. The minimum atomic E-state index is -0.434. The van der Waals surface area contributed by atoms with Gasteiger partial charge in [0.05, 0.1) is 0 Å². The molecule has 0 bridgehead atoms. The molecule has 20 heavy (non-hydrogen) atoms. The molecule has 0 aliphatic carbocycles. The second-order valence-electron chi connectivity index (χ2n) is 4.15. The summed E-state index contributed by atoms with van der Waals surface area (Å²) in [6.07, 6.45) is 4.45. The van der Waals surface area contributed by atoms with E-state index in [1.165, 1.54) is 12.5 Å². The summed E-state index contributed by atoms with van der Waals surface area (Å²) < 4.78 is 10.3. The molecule has 3 aromatic rings. The van der Waals surface area contributed by atoms with E-state index in [1.54, 1.807) is 24.3 Å². The third kappa shape index (κ3) is 2.75. The molecular weight excluding hydrogens is 254 g/mol. The zero-order valence-electron chi connectivity index (χ0n) is 10.5. The van der Waals surface area contributed by atoms with Crippen LogP contribution >= 0.6 is 0 Å². The van der Waals surface area contributed by atoms with Crippen LogP contribution in [-0.4, -0.2) is 11.0 Å². The average molecular weight is 265 g/mol. The predicted molar refractivity (Wildman–Crippen MR) is 75.1 cm³/mol. The van der Waals surface area contributed by atoms with Gasteiger partial charge in [-0.3, -0.25) is 0 Å². The van der Waals surface area contributed by atoms with E-state index in [2.05, 4.69) is 4.98 Å². The fourth-order valence-electron chi connectivity index (χ4n) is 1.78. The zero-order chi connectivity index (χ0) is 13.8. The molecule has 0 fully saturated rings. The Balaban J connectivity index is 1.70. The average Bonchev–Trinajstić information content (AvgIpc) is 2.94. The fraction of sp³-hybridized carbons (Fsp3) is 0. The summed E-state index contributed by atoms with van der Waals surface area (Å²) in [5.74, 6) is 0.00538. The molecule has 3 rings (SSSR count). The molecule has 2 aromatic carbocycles. The van der Waals surface area contributed by atoms with Crippen LogP contribution in [0.5, 0.6) is 5.75 Å². The Bertz CT molecular complexity index is 760. The summed E-state index contributed by atoms with van der Waals surface area (Å²) in [4.78, 5) is 15.7. The number of carbonyl (C=O) groups excluding carboxylic acids is 1. The van der Waals surface area contributed by atoms with Gasteiger partial charge in [0.2, 0.25) is 0 Å². The molecule has 0 saturated carbocycles. The summed E-state index contributed by atoms with van der Waals surface area (Å²) >= 11 is 0. The third-order valence-corrected chi connectivity index (χ3v) is 2.73. The van der Waals surface area contributed by atoms with Gasteiger partial charge in [-0.25, -0.2) is 9.78 Å². The van der Waals surface area contributed by atoms with Crippen molar-refractivity contribution >= 4 is 23.1 Å². The number of aromatic nitrogens is 1. The maximum Gasteiger partial charge on any atom is 0.336 e. The van der Waals surface area contributed by atoms with Crippen molar-refractivity contribution in [1.82, 2.24) is 4.98 Å². The van der Waals surface area contributed by atoms with E-state index in [9.17, 15) is 4.79 Å². The lowest BCUT2D eigenvalue weighted by Crippen LogP contribution is -2.03. The smallest absolute Gasteiger partial charge is 0.336 e. The van der Waals surface area contributed by atoms with Gasteiger partial charge in [0.25, 0.3) is 0 Å². The van der Waals surface area contributed by atoms with Gasteiger partial charge < -0.3 is 9.15 Å². The molecule has 0 unspecified atom stereocenters. The first-order chi connectivity index (χ1) is 9.81. The molecule has 1 aromatic heterocycles. The summed E-state index contributed by atoms with van der Waals surface area (Å²) in [6.45, 7) is 0. The summed E-state index contributed by atoms with van der Waals surface area (Å²) in [7, 11) is 0. The van der Waals surface area contributed by atoms with Gasteiger partial charge in [-0.15, -0.1) is 0 Å². The number of fused-ring (bicyclic) bond motifs is 1. The number of nitrogens with zero attached hydrogens (tertiary/aromatic N) is 1. The van der Waals surface area contributed by atoms with E-state index in [0.29, 0.717) is 16.8 Å². The lowest BCUT2D eigenvalue weighted by Gasteiger charge is -2.00. The minimum Gasteiger partial charge on any atom is -0.443 e. The maximum absolute atomic E-state index is 11.7. The Morgan fingerprint density at radius 3 is 2.85 bits per heavy atom. The van der Waals surface area contributed by atoms with Crippen molar-refractivity contribution in [3.63, 3.8) is 0 Å². The molecule has 4 heteroatoms. The monoisotopic (exact) mass is 265 g/mol. The van der Waals surface area contributed by atoms with Gasteiger partial charge in [-0.05, 0) is 23.8 Å². The molecule has 0 saturated heterocycles. The normalized spacial score (nSPS) is 11.0. The molecule has 4 nitrogen and oxygen atoms in total. The largest absolute Gasteiger partial charge is 0.443 e. The van der Waals surface area contributed by atoms with Crippen LogP contribution in [0.25, 0.3) is 17.2 Å². The number of hydrogen-bond acceptors (Lipinski definition) is 4. The first-order valence-electron chi connectivity index (χ1n) is 6.09. The molecule has 0 amide bonds. The van der Waals surface area contributed by atoms with Gasteiger partial charge in [0.1, 0.15) is 11.3 Å². The van der Waals surface area contributed by atoms with Crippen LogP contribution in [0.1, 0.15) is 5.56 Å². The Morgan fingerprint density at radius 1 is 1.15 bits per heavy atom. The molecule has 0 aliphatic rings. The van der Waals surface area contributed by atoms with Gasteiger partial charge in [-0.2, -0.15) is 0 Å². The Hall–Kier alpha value is -2.88. The van der Waals surface area contributed by atoms with E-state index in [0.717, 1.165) is 5.56 Å². The van der Waals surface area contributed by atoms with Crippen LogP contribution in [0.2, 0.25) is 0 Å². The number of esters is 1. The van der Waals surface area contributed by atoms with E-state index in [-0.39, 0.29) is 0 Å². The van der Waals surface area contributed by atoms with Crippen LogP contribution in [0.3, 0.4) is 0 Å². The molecule has 0 aliphatic heterocycles. The van der Waals surface area contributed by atoms with Crippen LogP contribution < -0.4 is 4.74 Å². The highest BCUT2D eigenvalue weighted by atomic mass is 16.5. The number of ether oxygens (including phenoxy) is 1. The molecule has 0 N–H and O–H groups in total. The van der Waals surface area contributed by atoms with Crippen molar-refractivity contribution in [2.45, 2.75) is 0 Å². The summed E-state index contributed by atoms with van der Waals surface area (Å²) in [6, 6.07) is 14.6. The Labute approximate surface area is 115 Å². The van der Waals surface area contributed by atoms with E-state index in [1.807, 2.05) is 30.3 Å². The lowest BCUT2D eigenvalue weighted by molar-refractivity contribution is -0.128. The minimum absolute atomic E-state index is 0.434. The van der Waals surface area contributed by atoms with Crippen molar-refractivity contribution in [3.8, 4) is 5.75 Å². The molecule has 0 radical (unpaired) electrons. The van der Waals surface area contributed by atoms with Crippen molar-refractivity contribution in [1.29, 1.82) is 0 Å². The summed E-state index contributed by atoms with van der Waals surface area (Å²) in [5.41, 5.74) is 2.25. The number of oxazole rings is 1. The number of rotatable bonds is 3. The fourth-order valence-corrected chi connectivity index (χ4v) is 1.78. The van der Waals surface area contributed by atoms with Gasteiger partial charge in [0.15, 0.2) is 12.0 Å². The highest BCUT2D eigenvalue weighted by molar-refractivity contribution is 5.89. The van der Waals surface area contributed by atoms with Crippen molar-refractivity contribution in [3.05, 3.63) is 66.6 Å². The standard InChI is InChI=1S/C16H11NO3/c18-16(9-6-12-4-2-1-3-5-12)20-13-7-8-15-14(10-13)17-11-19-15/h1-11H/b9-6+. The number of hydrogen-bond donors (Lipinski definition) is 0. The van der Waals surface area contributed by atoms with Gasteiger partial charge in [0, 0.05) is 12.1 Å². The van der Waals surface area contributed by atoms with Crippen molar-refractivity contribution < 1.29 is 13.9 Å². The van der Waals surface area contributed by atoms with E-state index >= 15 is 0 Å². The third-order valence-electron chi connectivity index (χ3n) is 2.73. The van der Waals surface area contributed by atoms with Crippen LogP contribution in [-0.2, 0) is 4.79 Å². The van der Waals surface area contributed by atoms with Crippen LogP contribution in [0.4, 0.5) is 0 Å². The maximum atomic E-state index is 11.7. The molecule has 0 spiro atoms. The Kier molecular flexibility index (Phi) is 3.29. The lowest BCUT2D eigenvalue weighted by atomic mass is 10.2.